The molecule has 0 spiro atoms. The van der Waals surface area contributed by atoms with Crippen LogP contribution in [0.2, 0.25) is 5.82 Å². The predicted molar refractivity (Wildman–Crippen MR) is 147 cm³/mol. The third-order valence-corrected chi connectivity index (χ3v) is 7.16. The van der Waals surface area contributed by atoms with Gasteiger partial charge in [-0.25, -0.2) is 9.97 Å². The quantitative estimate of drug-likeness (QED) is 0.174. The number of ether oxygens (including phenoxy) is 2. The highest BCUT2D eigenvalue weighted by atomic mass is 19.4. The number of amides is 1. The predicted octanol–water partition coefficient (Wildman–Crippen LogP) is 6.07. The summed E-state index contributed by atoms with van der Waals surface area (Å²) in [5, 5.41) is 0. The number of pyridine rings is 1. The molecule has 3 heterocycles. The fourth-order valence-electron chi connectivity index (χ4n) is 5.25. The summed E-state index contributed by atoms with van der Waals surface area (Å²) in [6.07, 6.45) is 3.62. The molecule has 0 fully saturated rings. The van der Waals surface area contributed by atoms with E-state index in [0.29, 0.717) is 35.7 Å². The number of rotatable bonds is 7. The van der Waals surface area contributed by atoms with E-state index in [9.17, 15) is 18.0 Å². The van der Waals surface area contributed by atoms with Gasteiger partial charge < -0.3 is 14.5 Å². The molecule has 0 radical (unpaired) electrons. The number of imidazole rings is 1. The van der Waals surface area contributed by atoms with Crippen LogP contribution >= 0.6 is 0 Å². The van der Waals surface area contributed by atoms with Gasteiger partial charge in [0.1, 0.15) is 18.4 Å². The molecular formula is C29H24BF3N4O3. The Labute approximate surface area is 228 Å². The number of halogens is 3. The van der Waals surface area contributed by atoms with Crippen LogP contribution in [0, 0.1) is 0 Å². The zero-order valence-electron chi connectivity index (χ0n) is 21.5. The van der Waals surface area contributed by atoms with E-state index in [4.69, 9.17) is 9.47 Å². The minimum absolute atomic E-state index is 0.0630. The summed E-state index contributed by atoms with van der Waals surface area (Å²) >= 11 is 0. The molecule has 6 rings (SSSR count). The average molecular weight is 544 g/mol. The van der Waals surface area contributed by atoms with Crippen LogP contribution in [0.3, 0.4) is 0 Å². The molecule has 2 aliphatic rings. The summed E-state index contributed by atoms with van der Waals surface area (Å²) in [5.41, 5.74) is 3.35. The number of aromatic nitrogens is 3. The monoisotopic (exact) mass is 544 g/mol. The van der Waals surface area contributed by atoms with Crippen LogP contribution in [0.1, 0.15) is 23.4 Å². The molecule has 0 saturated carbocycles. The summed E-state index contributed by atoms with van der Waals surface area (Å²) in [6.45, 7) is 0.175. The van der Waals surface area contributed by atoms with E-state index < -0.39 is 18.5 Å². The molecule has 1 aliphatic heterocycles. The van der Waals surface area contributed by atoms with Crippen LogP contribution < -0.4 is 10.4 Å². The Bertz CT molecular complexity index is 1630. The topological polar surface area (TPSA) is 80.3 Å². The molecule has 1 atom stereocenters. The van der Waals surface area contributed by atoms with Gasteiger partial charge in [0.2, 0.25) is 0 Å². The van der Waals surface area contributed by atoms with Crippen molar-refractivity contribution in [2.45, 2.75) is 25.0 Å². The van der Waals surface area contributed by atoms with Crippen LogP contribution in [-0.2, 0) is 22.3 Å². The molecule has 2 aromatic carbocycles. The number of fused-ring (bicyclic) bond motifs is 2. The molecule has 1 N–H and O–H groups in total. The van der Waals surface area contributed by atoms with Gasteiger partial charge in [-0.1, -0.05) is 36.4 Å². The Morgan fingerprint density at radius 1 is 1.15 bits per heavy atom. The molecule has 202 valence electrons. The second-order valence-electron chi connectivity index (χ2n) is 9.72. The van der Waals surface area contributed by atoms with E-state index in [0.717, 1.165) is 34.4 Å². The van der Waals surface area contributed by atoms with E-state index >= 15 is 0 Å². The molecule has 1 aliphatic carbocycles. The minimum atomic E-state index is -4.43. The van der Waals surface area contributed by atoms with Gasteiger partial charge in [-0.05, 0) is 59.7 Å². The van der Waals surface area contributed by atoms with E-state index in [1.165, 1.54) is 6.07 Å². The van der Waals surface area contributed by atoms with Crippen molar-refractivity contribution < 1.29 is 27.4 Å². The number of nitrogens with zero attached hydrogens (tertiary/aromatic N) is 3. The number of hydrogen-bond donors (Lipinski definition) is 1. The summed E-state index contributed by atoms with van der Waals surface area (Å²) in [7, 11) is 1.57. The van der Waals surface area contributed by atoms with Gasteiger partial charge in [-0.3, -0.25) is 9.69 Å². The fraction of sp³-hybridized carbons (Fsp3) is 0.207. The van der Waals surface area contributed by atoms with Gasteiger partial charge in [-0.15, -0.1) is 0 Å². The second-order valence-corrected chi connectivity index (χ2v) is 9.72. The number of alkyl halides is 3. The summed E-state index contributed by atoms with van der Waals surface area (Å²) < 4.78 is 49.7. The van der Waals surface area contributed by atoms with Crippen LogP contribution in [0.15, 0.2) is 79.0 Å². The summed E-state index contributed by atoms with van der Waals surface area (Å²) in [6, 6.07) is 14.8. The first kappa shape index (κ1) is 26.0. The zero-order chi connectivity index (χ0) is 27.9. The first-order valence-corrected chi connectivity index (χ1v) is 12.7. The van der Waals surface area contributed by atoms with Crippen molar-refractivity contribution in [1.29, 1.82) is 0 Å². The van der Waals surface area contributed by atoms with Gasteiger partial charge in [0.05, 0.1) is 23.2 Å². The molecule has 7 nitrogen and oxygen atoms in total. The molecule has 4 aromatic rings. The Morgan fingerprint density at radius 3 is 2.70 bits per heavy atom. The highest BCUT2D eigenvalue weighted by Crippen LogP contribution is 2.37. The molecular weight excluding hydrogens is 520 g/mol. The van der Waals surface area contributed by atoms with Crippen LogP contribution in [0.5, 0.6) is 0 Å². The molecule has 1 unspecified atom stereocenters. The largest absolute Gasteiger partial charge is 0.416 e. The van der Waals surface area contributed by atoms with Crippen molar-refractivity contribution >= 4 is 46.1 Å². The number of aromatic amines is 1. The van der Waals surface area contributed by atoms with Gasteiger partial charge in [0.25, 0.3) is 6.71 Å². The maximum Gasteiger partial charge on any atom is 0.416 e. The second kappa shape index (κ2) is 10.4. The number of H-pyrrole nitrogens is 1. The Balaban J connectivity index is 1.22. The fourth-order valence-corrected chi connectivity index (χ4v) is 5.25. The standard InChI is InChI=1S/C29H24BF3N4O3/c1-39-17-40-16-18-4-11-22(12-5-18)37-27-23(3-2-14-34-27)30(28(37)38)21-9-6-19(7-10-21)26-35-24-13-8-20(29(31,32)33)15-25(24)36-26/h2-9,11-15,21H,10,16-17H2,1H3,(H,35,36). The molecule has 0 saturated heterocycles. The van der Waals surface area contributed by atoms with Crippen molar-refractivity contribution in [2.24, 2.45) is 0 Å². The lowest BCUT2D eigenvalue weighted by Crippen LogP contribution is -2.40. The van der Waals surface area contributed by atoms with Gasteiger partial charge >= 0.3 is 6.18 Å². The highest BCUT2D eigenvalue weighted by molar-refractivity contribution is 7.05. The molecule has 2 aromatic heterocycles. The van der Waals surface area contributed by atoms with E-state index in [1.54, 1.807) is 18.2 Å². The summed E-state index contributed by atoms with van der Waals surface area (Å²) in [5.74, 6) is 0.918. The van der Waals surface area contributed by atoms with Gasteiger partial charge in [0.15, 0.2) is 5.81 Å². The number of carbonyl (C=O) groups is 1. The third-order valence-electron chi connectivity index (χ3n) is 7.16. The lowest BCUT2D eigenvalue weighted by atomic mass is 9.36. The Morgan fingerprint density at radius 2 is 1.98 bits per heavy atom. The lowest BCUT2D eigenvalue weighted by molar-refractivity contribution is -0.137. The number of hydrogen-bond acceptors (Lipinski definition) is 5. The zero-order valence-corrected chi connectivity index (χ0v) is 21.5. The molecule has 0 bridgehead atoms. The van der Waals surface area contributed by atoms with Crippen LogP contribution in [-0.4, -0.2) is 41.4 Å². The first-order chi connectivity index (χ1) is 19.3. The normalized spacial score (nSPS) is 17.1. The van der Waals surface area contributed by atoms with Crippen molar-refractivity contribution in [3.8, 4) is 0 Å². The SMILES string of the molecule is COCOCc1ccc(N2C(=O)B(C3C=CC(c4nc5ccc(C(F)(F)F)cc5[nH]4)=CC3)c3cccnc32)cc1. The number of methoxy groups -OCH3 is 1. The molecule has 1 amide bonds. The average Bonchev–Trinajstić information content (AvgIpc) is 3.51. The smallest absolute Gasteiger partial charge is 0.359 e. The molecule has 11 heteroatoms. The highest BCUT2D eigenvalue weighted by Gasteiger charge is 2.46. The van der Waals surface area contributed by atoms with E-state index in [2.05, 4.69) is 15.0 Å². The lowest BCUT2D eigenvalue weighted by Gasteiger charge is -2.21. The van der Waals surface area contributed by atoms with E-state index in [-0.39, 0.29) is 18.4 Å². The third kappa shape index (κ3) is 4.82. The minimum Gasteiger partial charge on any atom is -0.359 e. The Hall–Kier alpha value is -4.22. The number of benzene rings is 2. The molecule has 40 heavy (non-hydrogen) atoms. The summed E-state index contributed by atoms with van der Waals surface area (Å²) in [4.78, 5) is 27.5. The maximum absolute atomic E-state index is 13.8. The van der Waals surface area contributed by atoms with Gasteiger partial charge in [-0.2, -0.15) is 13.2 Å². The number of anilines is 2. The first-order valence-electron chi connectivity index (χ1n) is 12.7. The van der Waals surface area contributed by atoms with Crippen molar-refractivity contribution in [2.75, 3.05) is 18.8 Å². The maximum atomic E-state index is 13.8. The van der Waals surface area contributed by atoms with Crippen molar-refractivity contribution in [1.82, 2.24) is 15.0 Å². The van der Waals surface area contributed by atoms with Gasteiger partial charge in [0, 0.05) is 24.6 Å². The number of allylic oxidation sites excluding steroid dienone is 4. The number of nitrogens with one attached hydrogen (secondary N) is 1. The Kier molecular flexibility index (Phi) is 6.77. The number of carbonyl (C=O) groups excluding carboxylic acids is 1. The van der Waals surface area contributed by atoms with Crippen LogP contribution in [0.25, 0.3) is 16.6 Å². The van der Waals surface area contributed by atoms with Crippen molar-refractivity contribution in [3.63, 3.8) is 0 Å². The van der Waals surface area contributed by atoms with Crippen molar-refractivity contribution in [3.05, 3.63) is 96.0 Å². The van der Waals surface area contributed by atoms with Crippen LogP contribution in [0.4, 0.5) is 29.5 Å². The van der Waals surface area contributed by atoms with E-state index in [1.807, 2.05) is 54.6 Å².